The first-order valence-electron chi connectivity index (χ1n) is 6.33. The van der Waals surface area contributed by atoms with E-state index in [4.69, 9.17) is 0 Å². The van der Waals surface area contributed by atoms with Crippen LogP contribution in [-0.2, 0) is 0 Å². The first-order chi connectivity index (χ1) is 8.75. The van der Waals surface area contributed by atoms with Crippen molar-refractivity contribution in [2.45, 2.75) is 18.9 Å². The van der Waals surface area contributed by atoms with Gasteiger partial charge in [0.05, 0.1) is 4.92 Å². The van der Waals surface area contributed by atoms with Gasteiger partial charge in [-0.05, 0) is 31.4 Å². The second-order valence-electron chi connectivity index (χ2n) is 4.95. The molecule has 3 heterocycles. The Morgan fingerprint density at radius 1 is 1.50 bits per heavy atom. The molecule has 1 aromatic heterocycles. The van der Waals surface area contributed by atoms with Gasteiger partial charge in [0.1, 0.15) is 0 Å². The Balaban J connectivity index is 1.85. The molecule has 0 saturated carbocycles. The summed E-state index contributed by atoms with van der Waals surface area (Å²) in [5.74, 6) is 1.12. The van der Waals surface area contributed by atoms with Crippen LogP contribution in [0.2, 0.25) is 0 Å². The Kier molecular flexibility index (Phi) is 2.87. The van der Waals surface area contributed by atoms with Crippen molar-refractivity contribution >= 4 is 11.5 Å². The SMILES string of the molecule is O=[N+]([O-])c1cccnc1N1CCC2NCCC2C1. The van der Waals surface area contributed by atoms with Crippen LogP contribution in [0.4, 0.5) is 11.5 Å². The van der Waals surface area contributed by atoms with E-state index < -0.39 is 0 Å². The Morgan fingerprint density at radius 2 is 2.39 bits per heavy atom. The minimum Gasteiger partial charge on any atom is -0.350 e. The van der Waals surface area contributed by atoms with Crippen LogP contribution in [0.25, 0.3) is 0 Å². The lowest BCUT2D eigenvalue weighted by atomic mass is 9.93. The van der Waals surface area contributed by atoms with Gasteiger partial charge in [-0.25, -0.2) is 4.98 Å². The lowest BCUT2D eigenvalue weighted by Crippen LogP contribution is -2.44. The van der Waals surface area contributed by atoms with Gasteiger partial charge in [0, 0.05) is 31.4 Å². The molecule has 0 amide bonds. The number of pyridine rings is 1. The molecular formula is C12H16N4O2. The van der Waals surface area contributed by atoms with Gasteiger partial charge >= 0.3 is 5.69 Å². The summed E-state index contributed by atoms with van der Waals surface area (Å²) in [7, 11) is 0. The molecule has 2 aliphatic heterocycles. The lowest BCUT2D eigenvalue weighted by Gasteiger charge is -2.35. The molecule has 0 aromatic carbocycles. The summed E-state index contributed by atoms with van der Waals surface area (Å²) in [6.45, 7) is 2.77. The number of piperidine rings is 1. The molecule has 6 heteroatoms. The number of hydrogen-bond donors (Lipinski definition) is 1. The highest BCUT2D eigenvalue weighted by Crippen LogP contribution is 2.31. The summed E-state index contributed by atoms with van der Waals surface area (Å²) < 4.78 is 0. The van der Waals surface area contributed by atoms with E-state index >= 15 is 0 Å². The van der Waals surface area contributed by atoms with Crippen molar-refractivity contribution in [1.29, 1.82) is 0 Å². The first kappa shape index (κ1) is 11.4. The molecule has 1 N–H and O–H groups in total. The van der Waals surface area contributed by atoms with Gasteiger partial charge in [-0.3, -0.25) is 10.1 Å². The highest BCUT2D eigenvalue weighted by Gasteiger charge is 2.34. The highest BCUT2D eigenvalue weighted by molar-refractivity contribution is 5.57. The number of nitro groups is 1. The third kappa shape index (κ3) is 1.92. The van der Waals surface area contributed by atoms with E-state index in [1.165, 1.54) is 6.07 Å². The molecule has 2 aliphatic rings. The largest absolute Gasteiger partial charge is 0.350 e. The van der Waals surface area contributed by atoms with Gasteiger partial charge in [0.2, 0.25) is 5.82 Å². The van der Waals surface area contributed by atoms with E-state index in [1.54, 1.807) is 12.3 Å². The summed E-state index contributed by atoms with van der Waals surface area (Å²) in [4.78, 5) is 16.9. The van der Waals surface area contributed by atoms with E-state index in [9.17, 15) is 10.1 Å². The summed E-state index contributed by atoms with van der Waals surface area (Å²) >= 11 is 0. The molecule has 2 atom stereocenters. The minimum atomic E-state index is -0.346. The van der Waals surface area contributed by atoms with Crippen LogP contribution in [0, 0.1) is 16.0 Å². The van der Waals surface area contributed by atoms with Gasteiger partial charge in [-0.1, -0.05) is 0 Å². The second-order valence-corrected chi connectivity index (χ2v) is 4.95. The molecule has 3 rings (SSSR count). The number of nitrogens with zero attached hydrogens (tertiary/aromatic N) is 3. The lowest BCUT2D eigenvalue weighted by molar-refractivity contribution is -0.384. The van der Waals surface area contributed by atoms with Crippen molar-refractivity contribution in [2.75, 3.05) is 24.5 Å². The smallest absolute Gasteiger partial charge is 0.311 e. The molecule has 96 valence electrons. The average molecular weight is 248 g/mol. The number of aromatic nitrogens is 1. The number of nitrogens with one attached hydrogen (secondary N) is 1. The monoisotopic (exact) mass is 248 g/mol. The highest BCUT2D eigenvalue weighted by atomic mass is 16.6. The van der Waals surface area contributed by atoms with Crippen LogP contribution in [0.1, 0.15) is 12.8 Å². The normalized spacial score (nSPS) is 27.0. The molecule has 0 aliphatic carbocycles. The van der Waals surface area contributed by atoms with E-state index in [-0.39, 0.29) is 10.6 Å². The average Bonchev–Trinajstić information content (AvgIpc) is 2.85. The van der Waals surface area contributed by atoms with Crippen LogP contribution < -0.4 is 10.2 Å². The molecule has 0 bridgehead atoms. The maximum atomic E-state index is 11.0. The van der Waals surface area contributed by atoms with E-state index in [0.717, 1.165) is 32.5 Å². The maximum Gasteiger partial charge on any atom is 0.311 e. The van der Waals surface area contributed by atoms with Crippen molar-refractivity contribution in [3.8, 4) is 0 Å². The zero-order chi connectivity index (χ0) is 12.5. The van der Waals surface area contributed by atoms with E-state index in [0.29, 0.717) is 17.8 Å². The number of fused-ring (bicyclic) bond motifs is 1. The molecule has 2 saturated heterocycles. The third-order valence-corrected chi connectivity index (χ3v) is 3.92. The van der Waals surface area contributed by atoms with Crippen molar-refractivity contribution in [3.05, 3.63) is 28.4 Å². The summed E-state index contributed by atoms with van der Waals surface area (Å²) in [6.07, 6.45) is 3.82. The quantitative estimate of drug-likeness (QED) is 0.628. The Morgan fingerprint density at radius 3 is 3.22 bits per heavy atom. The van der Waals surface area contributed by atoms with Crippen LogP contribution in [-0.4, -0.2) is 35.6 Å². The topological polar surface area (TPSA) is 71.3 Å². The van der Waals surface area contributed by atoms with Gasteiger partial charge < -0.3 is 10.2 Å². The van der Waals surface area contributed by atoms with Crippen LogP contribution >= 0.6 is 0 Å². The Labute approximate surface area is 105 Å². The molecule has 18 heavy (non-hydrogen) atoms. The molecular weight excluding hydrogens is 232 g/mol. The fourth-order valence-corrected chi connectivity index (χ4v) is 3.01. The van der Waals surface area contributed by atoms with E-state index in [2.05, 4.69) is 15.2 Å². The third-order valence-electron chi connectivity index (χ3n) is 3.92. The number of rotatable bonds is 2. The summed E-state index contributed by atoms with van der Waals surface area (Å²) in [6, 6.07) is 3.73. The fraction of sp³-hybridized carbons (Fsp3) is 0.583. The van der Waals surface area contributed by atoms with Crippen molar-refractivity contribution in [1.82, 2.24) is 10.3 Å². The fourth-order valence-electron chi connectivity index (χ4n) is 3.01. The van der Waals surface area contributed by atoms with Crippen LogP contribution in [0.3, 0.4) is 0 Å². The molecule has 1 aromatic rings. The van der Waals surface area contributed by atoms with Gasteiger partial charge in [-0.2, -0.15) is 0 Å². The van der Waals surface area contributed by atoms with Crippen LogP contribution in [0.15, 0.2) is 18.3 Å². The second kappa shape index (κ2) is 4.53. The zero-order valence-corrected chi connectivity index (χ0v) is 10.1. The number of anilines is 1. The number of hydrogen-bond acceptors (Lipinski definition) is 5. The van der Waals surface area contributed by atoms with Gasteiger partial charge in [-0.15, -0.1) is 0 Å². The molecule has 0 spiro atoms. The van der Waals surface area contributed by atoms with Crippen LogP contribution in [0.5, 0.6) is 0 Å². The molecule has 0 radical (unpaired) electrons. The van der Waals surface area contributed by atoms with Gasteiger partial charge in [0.15, 0.2) is 0 Å². The molecule has 6 nitrogen and oxygen atoms in total. The first-order valence-corrected chi connectivity index (χ1v) is 6.33. The van der Waals surface area contributed by atoms with Crippen molar-refractivity contribution in [3.63, 3.8) is 0 Å². The Bertz CT molecular complexity index is 465. The minimum absolute atomic E-state index is 0.113. The predicted octanol–water partition coefficient (Wildman–Crippen LogP) is 1.18. The standard InChI is InChI=1S/C12H16N4O2/c17-16(18)11-2-1-5-14-12(11)15-7-4-10-9(8-15)3-6-13-10/h1-2,5,9-10,13H,3-4,6-8H2. The maximum absolute atomic E-state index is 11.0. The summed E-state index contributed by atoms with van der Waals surface area (Å²) in [5.41, 5.74) is 0.113. The zero-order valence-electron chi connectivity index (χ0n) is 10.1. The molecule has 2 unspecified atom stereocenters. The molecule has 2 fully saturated rings. The van der Waals surface area contributed by atoms with E-state index in [1.807, 2.05) is 0 Å². The Hall–Kier alpha value is -1.69. The van der Waals surface area contributed by atoms with Crippen molar-refractivity contribution < 1.29 is 4.92 Å². The van der Waals surface area contributed by atoms with Gasteiger partial charge in [0.25, 0.3) is 0 Å². The van der Waals surface area contributed by atoms with Crippen molar-refractivity contribution in [2.24, 2.45) is 5.92 Å². The summed E-state index contributed by atoms with van der Waals surface area (Å²) in [5, 5.41) is 14.5. The predicted molar refractivity (Wildman–Crippen MR) is 67.6 cm³/mol.